The lowest BCUT2D eigenvalue weighted by Gasteiger charge is -2.27. The van der Waals surface area contributed by atoms with Gasteiger partial charge in [0.05, 0.1) is 0 Å². The van der Waals surface area contributed by atoms with E-state index in [-0.39, 0.29) is 0 Å². The van der Waals surface area contributed by atoms with Gasteiger partial charge in [0.15, 0.2) is 0 Å². The molecule has 0 unspecified atom stereocenters. The normalized spacial score (nSPS) is 26.3. The summed E-state index contributed by atoms with van der Waals surface area (Å²) >= 11 is 0. The van der Waals surface area contributed by atoms with Crippen molar-refractivity contribution in [2.45, 2.75) is 37.8 Å². The first kappa shape index (κ1) is 10.4. The summed E-state index contributed by atoms with van der Waals surface area (Å²) in [5.41, 5.74) is 5.81. The second-order valence-corrected chi connectivity index (χ2v) is 4.10. The van der Waals surface area contributed by atoms with E-state index in [2.05, 4.69) is 10.3 Å². The third-order valence-corrected chi connectivity index (χ3v) is 2.84. The van der Waals surface area contributed by atoms with Gasteiger partial charge in [0.25, 0.3) is 0 Å². The van der Waals surface area contributed by atoms with E-state index in [1.165, 1.54) is 6.07 Å². The Balaban J connectivity index is 1.92. The minimum absolute atomic E-state index is 0.337. The molecule has 2 rings (SSSR count). The minimum atomic E-state index is -0.437. The van der Waals surface area contributed by atoms with Crippen molar-refractivity contribution < 1.29 is 4.39 Å². The second kappa shape index (κ2) is 4.57. The summed E-state index contributed by atoms with van der Waals surface area (Å²) in [6.45, 7) is 0. The number of anilines is 1. The van der Waals surface area contributed by atoms with Gasteiger partial charge in [0.2, 0.25) is 5.95 Å². The van der Waals surface area contributed by atoms with Crippen LogP contribution in [0.25, 0.3) is 0 Å². The van der Waals surface area contributed by atoms with Crippen molar-refractivity contribution in [3.8, 4) is 0 Å². The Morgan fingerprint density at radius 1 is 1.27 bits per heavy atom. The molecule has 0 aliphatic heterocycles. The highest BCUT2D eigenvalue weighted by molar-refractivity contribution is 5.34. The molecule has 4 heteroatoms. The van der Waals surface area contributed by atoms with Gasteiger partial charge in [-0.15, -0.1) is 0 Å². The molecule has 0 atom stereocenters. The van der Waals surface area contributed by atoms with Gasteiger partial charge in [-0.1, -0.05) is 6.07 Å². The van der Waals surface area contributed by atoms with Crippen molar-refractivity contribution in [1.29, 1.82) is 0 Å². The van der Waals surface area contributed by atoms with Gasteiger partial charge < -0.3 is 11.1 Å². The molecule has 1 aliphatic carbocycles. The zero-order chi connectivity index (χ0) is 10.7. The van der Waals surface area contributed by atoms with E-state index in [4.69, 9.17) is 5.73 Å². The molecule has 0 aromatic carbocycles. The Morgan fingerprint density at radius 3 is 2.67 bits per heavy atom. The SMILES string of the molecule is NC1CCC(Nc2cccc(F)n2)CC1. The van der Waals surface area contributed by atoms with Gasteiger partial charge in [-0.2, -0.15) is 4.39 Å². The largest absolute Gasteiger partial charge is 0.367 e. The molecule has 1 aliphatic rings. The van der Waals surface area contributed by atoms with Crippen molar-refractivity contribution in [2.75, 3.05) is 5.32 Å². The average Bonchev–Trinajstić information content (AvgIpc) is 2.22. The van der Waals surface area contributed by atoms with Gasteiger partial charge in [-0.3, -0.25) is 0 Å². The standard InChI is InChI=1S/C11H16FN3/c12-10-2-1-3-11(15-10)14-9-6-4-8(13)5-7-9/h1-3,8-9H,4-7,13H2,(H,14,15). The number of nitrogens with two attached hydrogens (primary N) is 1. The second-order valence-electron chi connectivity index (χ2n) is 4.10. The summed E-state index contributed by atoms with van der Waals surface area (Å²) in [4.78, 5) is 3.78. The van der Waals surface area contributed by atoms with E-state index in [1.54, 1.807) is 12.1 Å². The molecule has 1 saturated carbocycles. The predicted octanol–water partition coefficient (Wildman–Crippen LogP) is 1.90. The first-order chi connectivity index (χ1) is 7.24. The van der Waals surface area contributed by atoms with Crippen LogP contribution < -0.4 is 11.1 Å². The minimum Gasteiger partial charge on any atom is -0.367 e. The first-order valence-electron chi connectivity index (χ1n) is 5.39. The smallest absolute Gasteiger partial charge is 0.214 e. The van der Waals surface area contributed by atoms with Crippen molar-refractivity contribution in [1.82, 2.24) is 4.98 Å². The van der Waals surface area contributed by atoms with Crippen molar-refractivity contribution in [3.63, 3.8) is 0 Å². The molecule has 15 heavy (non-hydrogen) atoms. The lowest BCUT2D eigenvalue weighted by atomic mass is 9.92. The van der Waals surface area contributed by atoms with E-state index in [1.807, 2.05) is 0 Å². The molecule has 0 bridgehead atoms. The summed E-state index contributed by atoms with van der Waals surface area (Å²) in [5.74, 6) is 0.183. The highest BCUT2D eigenvalue weighted by Gasteiger charge is 2.18. The lowest BCUT2D eigenvalue weighted by molar-refractivity contribution is 0.410. The maximum atomic E-state index is 12.8. The van der Waals surface area contributed by atoms with Crippen LogP contribution in [-0.2, 0) is 0 Å². The molecule has 3 N–H and O–H groups in total. The maximum absolute atomic E-state index is 12.8. The Kier molecular flexibility index (Phi) is 3.16. The van der Waals surface area contributed by atoms with Gasteiger partial charge in [0, 0.05) is 12.1 Å². The van der Waals surface area contributed by atoms with Crippen LogP contribution in [0.1, 0.15) is 25.7 Å². The van der Waals surface area contributed by atoms with Crippen LogP contribution in [0.3, 0.4) is 0 Å². The number of rotatable bonds is 2. The third kappa shape index (κ3) is 2.89. The molecular weight excluding hydrogens is 193 g/mol. The van der Waals surface area contributed by atoms with Crippen LogP contribution >= 0.6 is 0 Å². The molecule has 0 spiro atoms. The molecule has 82 valence electrons. The number of hydrogen-bond acceptors (Lipinski definition) is 3. The number of pyridine rings is 1. The Hall–Kier alpha value is -1.16. The summed E-state index contributed by atoms with van der Waals surface area (Å²) in [5, 5.41) is 3.24. The Bertz CT molecular complexity index is 321. The van der Waals surface area contributed by atoms with Crippen LogP contribution in [0.5, 0.6) is 0 Å². The fourth-order valence-corrected chi connectivity index (χ4v) is 1.96. The molecule has 3 nitrogen and oxygen atoms in total. The summed E-state index contributed by atoms with van der Waals surface area (Å²) in [7, 11) is 0. The molecule has 0 radical (unpaired) electrons. The number of hydrogen-bond donors (Lipinski definition) is 2. The van der Waals surface area contributed by atoms with Crippen LogP contribution in [0, 0.1) is 5.95 Å². The van der Waals surface area contributed by atoms with E-state index in [0.717, 1.165) is 25.7 Å². The van der Waals surface area contributed by atoms with Crippen molar-refractivity contribution >= 4 is 5.82 Å². The van der Waals surface area contributed by atoms with E-state index < -0.39 is 5.95 Å². The fraction of sp³-hybridized carbons (Fsp3) is 0.545. The van der Waals surface area contributed by atoms with Gasteiger partial charge >= 0.3 is 0 Å². The van der Waals surface area contributed by atoms with Crippen LogP contribution in [-0.4, -0.2) is 17.1 Å². The van der Waals surface area contributed by atoms with Crippen molar-refractivity contribution in [3.05, 3.63) is 24.1 Å². The Morgan fingerprint density at radius 2 is 2.00 bits per heavy atom. The number of aromatic nitrogens is 1. The zero-order valence-corrected chi connectivity index (χ0v) is 8.62. The van der Waals surface area contributed by atoms with Crippen LogP contribution in [0.2, 0.25) is 0 Å². The van der Waals surface area contributed by atoms with Gasteiger partial charge in [-0.05, 0) is 37.8 Å². The summed E-state index contributed by atoms with van der Waals surface area (Å²) in [6, 6.07) is 5.53. The van der Waals surface area contributed by atoms with Gasteiger partial charge in [0.1, 0.15) is 5.82 Å². The van der Waals surface area contributed by atoms with Crippen LogP contribution in [0.15, 0.2) is 18.2 Å². The highest BCUT2D eigenvalue weighted by atomic mass is 19.1. The Labute approximate surface area is 88.9 Å². The maximum Gasteiger partial charge on any atom is 0.214 e. The zero-order valence-electron chi connectivity index (χ0n) is 8.62. The molecule has 1 heterocycles. The quantitative estimate of drug-likeness (QED) is 0.731. The number of nitrogens with one attached hydrogen (secondary N) is 1. The molecule has 1 aromatic heterocycles. The van der Waals surface area contributed by atoms with E-state index in [9.17, 15) is 4.39 Å². The van der Waals surface area contributed by atoms with Crippen LogP contribution in [0.4, 0.5) is 10.2 Å². The lowest BCUT2D eigenvalue weighted by Crippen LogP contribution is -2.33. The average molecular weight is 209 g/mol. The topological polar surface area (TPSA) is 50.9 Å². The predicted molar refractivity (Wildman–Crippen MR) is 58.0 cm³/mol. The molecular formula is C11H16FN3. The van der Waals surface area contributed by atoms with E-state index in [0.29, 0.717) is 17.9 Å². The summed E-state index contributed by atoms with van der Waals surface area (Å²) in [6.07, 6.45) is 4.15. The fourth-order valence-electron chi connectivity index (χ4n) is 1.96. The molecule has 0 amide bonds. The summed E-state index contributed by atoms with van der Waals surface area (Å²) < 4.78 is 12.8. The third-order valence-electron chi connectivity index (χ3n) is 2.84. The molecule has 1 fully saturated rings. The first-order valence-corrected chi connectivity index (χ1v) is 5.39. The van der Waals surface area contributed by atoms with Gasteiger partial charge in [-0.25, -0.2) is 4.98 Å². The van der Waals surface area contributed by atoms with E-state index >= 15 is 0 Å². The highest BCUT2D eigenvalue weighted by Crippen LogP contribution is 2.20. The van der Waals surface area contributed by atoms with Crippen molar-refractivity contribution in [2.24, 2.45) is 5.73 Å². The number of halogens is 1. The molecule has 1 aromatic rings. The molecule has 0 saturated heterocycles. The monoisotopic (exact) mass is 209 g/mol. The number of nitrogens with zero attached hydrogens (tertiary/aromatic N) is 1.